The lowest BCUT2D eigenvalue weighted by molar-refractivity contribution is 0.237. The van der Waals surface area contributed by atoms with Gasteiger partial charge in [0.2, 0.25) is 0 Å². The fraction of sp³-hybridized carbons (Fsp3) is 0.583. The molecule has 0 atom stereocenters. The van der Waals surface area contributed by atoms with Gasteiger partial charge in [0, 0.05) is 19.3 Å². The molecule has 0 bridgehead atoms. The Bertz CT molecular complexity index is 321. The van der Waals surface area contributed by atoms with Crippen LogP contribution in [0.5, 0.6) is 0 Å². The van der Waals surface area contributed by atoms with E-state index in [1.807, 2.05) is 12.1 Å². The lowest BCUT2D eigenvalue weighted by Gasteiger charge is -2.26. The first kappa shape index (κ1) is 11.2. The Morgan fingerprint density at radius 2 is 2.12 bits per heavy atom. The Kier molecular flexibility index (Phi) is 3.99. The van der Waals surface area contributed by atoms with E-state index >= 15 is 0 Å². The minimum Gasteiger partial charge on any atom is -0.396 e. The van der Waals surface area contributed by atoms with Crippen molar-refractivity contribution < 1.29 is 0 Å². The number of nitrogens with zero attached hydrogens (tertiary/aromatic N) is 2. The van der Waals surface area contributed by atoms with Gasteiger partial charge in [0.25, 0.3) is 0 Å². The highest BCUT2D eigenvalue weighted by atomic mass is 15.1. The molecule has 3 N–H and O–H groups in total. The van der Waals surface area contributed by atoms with Gasteiger partial charge in [-0.3, -0.25) is 0 Å². The lowest BCUT2D eigenvalue weighted by atomic mass is 10.1. The maximum atomic E-state index is 5.80. The summed E-state index contributed by atoms with van der Waals surface area (Å²) in [6, 6.07) is 3.72. The van der Waals surface area contributed by atoms with E-state index in [-0.39, 0.29) is 0 Å². The molecule has 1 aliphatic heterocycles. The summed E-state index contributed by atoms with van der Waals surface area (Å²) in [5.74, 6) is 0.805. The van der Waals surface area contributed by atoms with Crippen molar-refractivity contribution in [2.24, 2.45) is 0 Å². The Morgan fingerprint density at radius 3 is 2.88 bits per heavy atom. The van der Waals surface area contributed by atoms with Crippen LogP contribution in [0.1, 0.15) is 19.3 Å². The standard InChI is InChI=1S/C12H20N4/c13-11-5-4-6-14-12(11)15-7-10-16-8-2-1-3-9-16/h4-6H,1-3,7-10,13H2,(H,14,15). The van der Waals surface area contributed by atoms with Crippen LogP contribution in [-0.2, 0) is 0 Å². The van der Waals surface area contributed by atoms with Gasteiger partial charge in [0.1, 0.15) is 5.82 Å². The van der Waals surface area contributed by atoms with E-state index in [1.54, 1.807) is 6.20 Å². The zero-order valence-electron chi connectivity index (χ0n) is 9.65. The molecule has 0 unspecified atom stereocenters. The Labute approximate surface area is 96.8 Å². The fourth-order valence-electron chi connectivity index (χ4n) is 2.08. The summed E-state index contributed by atoms with van der Waals surface area (Å²) in [6.07, 6.45) is 5.83. The molecule has 1 aliphatic rings. The third-order valence-electron chi connectivity index (χ3n) is 3.01. The smallest absolute Gasteiger partial charge is 0.149 e. The van der Waals surface area contributed by atoms with Crippen LogP contribution in [-0.4, -0.2) is 36.1 Å². The topological polar surface area (TPSA) is 54.2 Å². The highest BCUT2D eigenvalue weighted by Crippen LogP contribution is 2.13. The summed E-state index contributed by atoms with van der Waals surface area (Å²) in [6.45, 7) is 4.47. The number of hydrogen-bond donors (Lipinski definition) is 2. The van der Waals surface area contributed by atoms with Gasteiger partial charge in [-0.25, -0.2) is 4.98 Å². The SMILES string of the molecule is Nc1cccnc1NCCN1CCCCC1. The fourth-order valence-corrected chi connectivity index (χ4v) is 2.08. The summed E-state index contributed by atoms with van der Waals surface area (Å²) in [4.78, 5) is 6.70. The molecule has 88 valence electrons. The first-order chi connectivity index (χ1) is 7.86. The Balaban J connectivity index is 1.73. The van der Waals surface area contributed by atoms with Crippen molar-refractivity contribution in [2.45, 2.75) is 19.3 Å². The third kappa shape index (κ3) is 3.10. The van der Waals surface area contributed by atoms with Gasteiger partial charge in [-0.05, 0) is 38.1 Å². The van der Waals surface area contributed by atoms with Gasteiger partial charge in [0.15, 0.2) is 0 Å². The molecule has 2 rings (SSSR count). The number of nitrogens with one attached hydrogen (secondary N) is 1. The van der Waals surface area contributed by atoms with Crippen molar-refractivity contribution in [2.75, 3.05) is 37.2 Å². The van der Waals surface area contributed by atoms with Gasteiger partial charge in [-0.2, -0.15) is 0 Å². The largest absolute Gasteiger partial charge is 0.396 e. The summed E-state index contributed by atoms with van der Waals surface area (Å²) < 4.78 is 0. The molecule has 0 aliphatic carbocycles. The number of aromatic nitrogens is 1. The predicted octanol–water partition coefficient (Wildman–Crippen LogP) is 1.56. The quantitative estimate of drug-likeness (QED) is 0.808. The highest BCUT2D eigenvalue weighted by molar-refractivity contribution is 5.60. The lowest BCUT2D eigenvalue weighted by Crippen LogP contribution is -2.33. The summed E-state index contributed by atoms with van der Waals surface area (Å²) in [7, 11) is 0. The maximum Gasteiger partial charge on any atom is 0.149 e. The number of pyridine rings is 1. The molecule has 4 nitrogen and oxygen atoms in total. The predicted molar refractivity (Wildman–Crippen MR) is 67.4 cm³/mol. The van der Waals surface area contributed by atoms with E-state index in [2.05, 4.69) is 15.2 Å². The Hall–Kier alpha value is -1.29. The molecular formula is C12H20N4. The Morgan fingerprint density at radius 1 is 1.31 bits per heavy atom. The molecule has 0 spiro atoms. The molecular weight excluding hydrogens is 200 g/mol. The molecule has 0 radical (unpaired) electrons. The molecule has 2 heterocycles. The maximum absolute atomic E-state index is 5.80. The van der Waals surface area contributed by atoms with Crippen molar-refractivity contribution in [3.8, 4) is 0 Å². The van der Waals surface area contributed by atoms with Gasteiger partial charge in [0.05, 0.1) is 5.69 Å². The number of likely N-dealkylation sites (tertiary alicyclic amines) is 1. The second kappa shape index (κ2) is 5.70. The van der Waals surface area contributed by atoms with Crippen molar-refractivity contribution in [3.05, 3.63) is 18.3 Å². The van der Waals surface area contributed by atoms with Crippen LogP contribution in [0.25, 0.3) is 0 Å². The molecule has 16 heavy (non-hydrogen) atoms. The summed E-state index contributed by atoms with van der Waals surface area (Å²) in [5.41, 5.74) is 6.52. The highest BCUT2D eigenvalue weighted by Gasteiger charge is 2.09. The zero-order valence-corrected chi connectivity index (χ0v) is 9.65. The van der Waals surface area contributed by atoms with E-state index < -0.39 is 0 Å². The van der Waals surface area contributed by atoms with E-state index in [0.29, 0.717) is 0 Å². The zero-order chi connectivity index (χ0) is 11.2. The van der Waals surface area contributed by atoms with Crippen LogP contribution in [0.4, 0.5) is 11.5 Å². The molecule has 4 heteroatoms. The first-order valence-electron chi connectivity index (χ1n) is 6.03. The van der Waals surface area contributed by atoms with Gasteiger partial charge < -0.3 is 16.0 Å². The molecule has 0 amide bonds. The summed E-state index contributed by atoms with van der Waals surface area (Å²) >= 11 is 0. The average molecular weight is 220 g/mol. The first-order valence-corrected chi connectivity index (χ1v) is 6.03. The minimum atomic E-state index is 0.723. The van der Waals surface area contributed by atoms with Crippen LogP contribution in [0.15, 0.2) is 18.3 Å². The number of nitrogen functional groups attached to an aromatic ring is 1. The summed E-state index contributed by atoms with van der Waals surface area (Å²) in [5, 5.41) is 3.28. The number of rotatable bonds is 4. The second-order valence-electron chi connectivity index (χ2n) is 4.27. The molecule has 0 saturated carbocycles. The molecule has 1 fully saturated rings. The molecule has 0 aromatic carbocycles. The van der Waals surface area contributed by atoms with E-state index in [4.69, 9.17) is 5.73 Å². The van der Waals surface area contributed by atoms with E-state index in [0.717, 1.165) is 24.6 Å². The van der Waals surface area contributed by atoms with Crippen LogP contribution in [0.2, 0.25) is 0 Å². The third-order valence-corrected chi connectivity index (χ3v) is 3.01. The van der Waals surface area contributed by atoms with E-state index in [1.165, 1.54) is 32.4 Å². The minimum absolute atomic E-state index is 0.723. The van der Waals surface area contributed by atoms with Crippen molar-refractivity contribution in [3.63, 3.8) is 0 Å². The van der Waals surface area contributed by atoms with Crippen LogP contribution in [0.3, 0.4) is 0 Å². The number of nitrogens with two attached hydrogens (primary N) is 1. The number of hydrogen-bond acceptors (Lipinski definition) is 4. The van der Waals surface area contributed by atoms with Crippen LogP contribution in [0, 0.1) is 0 Å². The monoisotopic (exact) mass is 220 g/mol. The van der Waals surface area contributed by atoms with Gasteiger partial charge in [-0.15, -0.1) is 0 Å². The number of anilines is 2. The normalized spacial score (nSPS) is 17.2. The van der Waals surface area contributed by atoms with Gasteiger partial charge in [-0.1, -0.05) is 6.42 Å². The van der Waals surface area contributed by atoms with Crippen molar-refractivity contribution >= 4 is 11.5 Å². The van der Waals surface area contributed by atoms with Crippen LogP contribution >= 0.6 is 0 Å². The van der Waals surface area contributed by atoms with Crippen molar-refractivity contribution in [1.82, 2.24) is 9.88 Å². The average Bonchev–Trinajstić information content (AvgIpc) is 2.33. The molecule has 1 saturated heterocycles. The molecule has 1 aromatic rings. The number of piperidine rings is 1. The second-order valence-corrected chi connectivity index (χ2v) is 4.27. The molecule has 1 aromatic heterocycles. The van der Waals surface area contributed by atoms with E-state index in [9.17, 15) is 0 Å². The van der Waals surface area contributed by atoms with Crippen LogP contribution < -0.4 is 11.1 Å². The van der Waals surface area contributed by atoms with Gasteiger partial charge >= 0.3 is 0 Å². The van der Waals surface area contributed by atoms with Crippen molar-refractivity contribution in [1.29, 1.82) is 0 Å².